The Morgan fingerprint density at radius 3 is 2.83 bits per heavy atom. The van der Waals surface area contributed by atoms with Gasteiger partial charge in [0.1, 0.15) is 5.69 Å². The fraction of sp³-hybridized carbons (Fsp3) is 0.412. The van der Waals surface area contributed by atoms with Gasteiger partial charge in [-0.3, -0.25) is 4.79 Å². The van der Waals surface area contributed by atoms with Gasteiger partial charge in [0.15, 0.2) is 0 Å². The highest BCUT2D eigenvalue weighted by atomic mass is 35.5. The van der Waals surface area contributed by atoms with Crippen molar-refractivity contribution in [3.05, 3.63) is 52.0 Å². The third-order valence-electron chi connectivity index (χ3n) is 4.20. The van der Waals surface area contributed by atoms with Crippen molar-refractivity contribution in [1.29, 1.82) is 0 Å². The third kappa shape index (κ3) is 4.31. The van der Waals surface area contributed by atoms with E-state index in [1.165, 1.54) is 16.9 Å². The van der Waals surface area contributed by atoms with Crippen LogP contribution in [0.3, 0.4) is 0 Å². The smallest absolute Gasteiger partial charge is 0.270 e. The Bertz CT molecular complexity index is 632. The molecule has 1 heterocycles. The number of carbonyl (C=O) groups excluding carboxylic acids is 1. The summed E-state index contributed by atoms with van der Waals surface area (Å²) in [7, 11) is 0. The van der Waals surface area contributed by atoms with Crippen LogP contribution in [0.15, 0.2) is 35.7 Å². The molecule has 0 radical (unpaired) electrons. The van der Waals surface area contributed by atoms with Gasteiger partial charge in [0.05, 0.1) is 5.01 Å². The molecule has 3 N–H and O–H groups in total. The molecule has 1 fully saturated rings. The van der Waals surface area contributed by atoms with E-state index >= 15 is 0 Å². The van der Waals surface area contributed by atoms with E-state index in [0.29, 0.717) is 18.2 Å². The van der Waals surface area contributed by atoms with Crippen LogP contribution >= 0.6 is 23.7 Å². The van der Waals surface area contributed by atoms with Gasteiger partial charge in [-0.05, 0) is 24.9 Å². The third-order valence-corrected chi connectivity index (χ3v) is 5.11. The van der Waals surface area contributed by atoms with Crippen LogP contribution in [-0.4, -0.2) is 23.5 Å². The SMILES string of the molecule is Cl.NCCc1nc(C(=O)NC2CCCC2c2ccccc2)cs1. The van der Waals surface area contributed by atoms with E-state index in [1.54, 1.807) is 0 Å². The molecule has 2 aromatic rings. The average Bonchev–Trinajstić information content (AvgIpc) is 3.18. The zero-order valence-corrected chi connectivity index (χ0v) is 14.5. The first-order chi connectivity index (χ1) is 10.8. The molecule has 1 aromatic carbocycles. The maximum absolute atomic E-state index is 12.4. The highest BCUT2D eigenvalue weighted by Crippen LogP contribution is 2.34. The van der Waals surface area contributed by atoms with Crippen molar-refractivity contribution in [2.24, 2.45) is 5.73 Å². The number of nitrogens with zero attached hydrogens (tertiary/aromatic N) is 1. The highest BCUT2D eigenvalue weighted by molar-refractivity contribution is 7.09. The first-order valence-corrected chi connectivity index (χ1v) is 8.66. The molecule has 6 heteroatoms. The van der Waals surface area contributed by atoms with Crippen molar-refractivity contribution in [1.82, 2.24) is 10.3 Å². The summed E-state index contributed by atoms with van der Waals surface area (Å²) in [4.78, 5) is 16.8. The second kappa shape index (κ2) is 8.43. The molecule has 4 nitrogen and oxygen atoms in total. The summed E-state index contributed by atoms with van der Waals surface area (Å²) in [5.74, 6) is 0.347. The lowest BCUT2D eigenvalue weighted by Gasteiger charge is -2.21. The topological polar surface area (TPSA) is 68.0 Å². The van der Waals surface area contributed by atoms with Gasteiger partial charge < -0.3 is 11.1 Å². The zero-order valence-electron chi connectivity index (χ0n) is 12.9. The summed E-state index contributed by atoms with van der Waals surface area (Å²) in [6.45, 7) is 0.563. The Labute approximate surface area is 146 Å². The average molecular weight is 352 g/mol. The van der Waals surface area contributed by atoms with Crippen molar-refractivity contribution >= 4 is 29.7 Å². The minimum atomic E-state index is -0.0626. The largest absolute Gasteiger partial charge is 0.347 e. The molecule has 2 unspecified atom stereocenters. The van der Waals surface area contributed by atoms with Crippen molar-refractivity contribution in [2.45, 2.75) is 37.6 Å². The predicted molar refractivity (Wildman–Crippen MR) is 96.4 cm³/mol. The lowest BCUT2D eigenvalue weighted by atomic mass is 9.94. The second-order valence-corrected chi connectivity index (χ2v) is 6.64. The van der Waals surface area contributed by atoms with Gasteiger partial charge in [-0.1, -0.05) is 36.8 Å². The van der Waals surface area contributed by atoms with Crippen LogP contribution in [0.4, 0.5) is 0 Å². The number of nitrogens with one attached hydrogen (secondary N) is 1. The first-order valence-electron chi connectivity index (χ1n) is 7.78. The Morgan fingerprint density at radius 2 is 2.09 bits per heavy atom. The number of hydrogen-bond acceptors (Lipinski definition) is 4. The number of benzene rings is 1. The maximum atomic E-state index is 12.4. The number of amides is 1. The van der Waals surface area contributed by atoms with Gasteiger partial charge in [0.25, 0.3) is 5.91 Å². The van der Waals surface area contributed by atoms with Crippen LogP contribution in [0.1, 0.15) is 46.2 Å². The van der Waals surface area contributed by atoms with E-state index in [1.807, 2.05) is 11.4 Å². The molecule has 0 bridgehead atoms. The van der Waals surface area contributed by atoms with Crippen LogP contribution in [0.5, 0.6) is 0 Å². The van der Waals surface area contributed by atoms with Crippen molar-refractivity contribution < 1.29 is 4.79 Å². The van der Waals surface area contributed by atoms with Crippen molar-refractivity contribution in [2.75, 3.05) is 6.54 Å². The summed E-state index contributed by atoms with van der Waals surface area (Å²) < 4.78 is 0. The molecule has 1 amide bonds. The van der Waals surface area contributed by atoms with Crippen LogP contribution in [0, 0.1) is 0 Å². The summed E-state index contributed by atoms with van der Waals surface area (Å²) in [6.07, 6.45) is 4.05. The maximum Gasteiger partial charge on any atom is 0.270 e. The molecule has 1 saturated carbocycles. The van der Waals surface area contributed by atoms with E-state index < -0.39 is 0 Å². The number of carbonyl (C=O) groups is 1. The molecular formula is C17H22ClN3OS. The minimum Gasteiger partial charge on any atom is -0.347 e. The molecule has 0 spiro atoms. The van der Waals surface area contributed by atoms with Gasteiger partial charge in [0.2, 0.25) is 0 Å². The van der Waals surface area contributed by atoms with Gasteiger partial charge in [-0.25, -0.2) is 4.98 Å². The zero-order chi connectivity index (χ0) is 15.4. The number of thiazole rings is 1. The number of halogens is 1. The first kappa shape index (κ1) is 17.9. The molecule has 124 valence electrons. The van der Waals surface area contributed by atoms with Crippen LogP contribution in [0.2, 0.25) is 0 Å². The number of aromatic nitrogens is 1. The number of rotatable bonds is 5. The number of nitrogens with two attached hydrogens (primary N) is 1. The van der Waals surface area contributed by atoms with E-state index in [-0.39, 0.29) is 24.4 Å². The summed E-state index contributed by atoms with van der Waals surface area (Å²) in [5, 5.41) is 5.93. The molecule has 2 atom stereocenters. The molecule has 0 saturated heterocycles. The molecule has 1 aliphatic rings. The quantitative estimate of drug-likeness (QED) is 0.869. The van der Waals surface area contributed by atoms with Gasteiger partial charge in [0, 0.05) is 23.8 Å². The molecule has 1 aliphatic carbocycles. The normalized spacial score (nSPS) is 20.0. The molecule has 3 rings (SSSR count). The predicted octanol–water partition coefficient (Wildman–Crippen LogP) is 3.13. The summed E-state index contributed by atoms with van der Waals surface area (Å²) in [6, 6.07) is 10.7. The highest BCUT2D eigenvalue weighted by Gasteiger charge is 2.30. The second-order valence-electron chi connectivity index (χ2n) is 5.69. The monoisotopic (exact) mass is 351 g/mol. The summed E-state index contributed by atoms with van der Waals surface area (Å²) >= 11 is 1.51. The lowest BCUT2D eigenvalue weighted by molar-refractivity contribution is 0.0930. The Hall–Kier alpha value is -1.43. The van der Waals surface area contributed by atoms with Gasteiger partial charge in [-0.2, -0.15) is 0 Å². The van der Waals surface area contributed by atoms with Crippen LogP contribution in [0.25, 0.3) is 0 Å². The van der Waals surface area contributed by atoms with Gasteiger partial charge >= 0.3 is 0 Å². The van der Waals surface area contributed by atoms with E-state index in [0.717, 1.165) is 30.7 Å². The van der Waals surface area contributed by atoms with Crippen LogP contribution < -0.4 is 11.1 Å². The fourth-order valence-electron chi connectivity index (χ4n) is 3.13. The Balaban J connectivity index is 0.00000192. The summed E-state index contributed by atoms with van der Waals surface area (Å²) in [5.41, 5.74) is 7.36. The Morgan fingerprint density at radius 1 is 1.30 bits per heavy atom. The molecule has 1 aromatic heterocycles. The Kier molecular flexibility index (Phi) is 6.57. The molecular weight excluding hydrogens is 330 g/mol. The van der Waals surface area contributed by atoms with E-state index in [9.17, 15) is 4.79 Å². The van der Waals surface area contributed by atoms with Gasteiger partial charge in [-0.15, -0.1) is 23.7 Å². The van der Waals surface area contributed by atoms with Crippen LogP contribution in [-0.2, 0) is 6.42 Å². The van der Waals surface area contributed by atoms with E-state index in [4.69, 9.17) is 5.73 Å². The fourth-order valence-corrected chi connectivity index (χ4v) is 3.92. The van der Waals surface area contributed by atoms with E-state index in [2.05, 4.69) is 34.6 Å². The standard InChI is InChI=1S/C17H21N3OS.ClH/c18-10-9-16-19-15(11-22-16)17(21)20-14-8-4-7-13(14)12-5-2-1-3-6-12;/h1-3,5-6,11,13-14H,4,7-10,18H2,(H,20,21);1H. The lowest BCUT2D eigenvalue weighted by Crippen LogP contribution is -2.36. The minimum absolute atomic E-state index is 0. The van der Waals surface area contributed by atoms with Crippen molar-refractivity contribution in [3.63, 3.8) is 0 Å². The molecule has 23 heavy (non-hydrogen) atoms. The molecule has 0 aliphatic heterocycles. The van der Waals surface area contributed by atoms with Crippen molar-refractivity contribution in [3.8, 4) is 0 Å². The number of hydrogen-bond donors (Lipinski definition) is 2.